The molecular weight excluding hydrogens is 340 g/mol. The highest BCUT2D eigenvalue weighted by Gasteiger charge is 2.36. The Balaban J connectivity index is 1.71. The Morgan fingerprint density at radius 3 is 2.67 bits per heavy atom. The van der Waals surface area contributed by atoms with Gasteiger partial charge in [-0.2, -0.15) is 0 Å². The van der Waals surface area contributed by atoms with Gasteiger partial charge in [-0.1, -0.05) is 32.0 Å². The third kappa shape index (κ3) is 4.07. The lowest BCUT2D eigenvalue weighted by molar-refractivity contribution is -0.127. The molecule has 1 aromatic carbocycles. The molecule has 27 heavy (non-hydrogen) atoms. The van der Waals surface area contributed by atoms with Crippen molar-refractivity contribution in [2.45, 2.75) is 52.5 Å². The van der Waals surface area contributed by atoms with Gasteiger partial charge in [0.2, 0.25) is 11.8 Å². The van der Waals surface area contributed by atoms with Crippen LogP contribution in [-0.2, 0) is 9.59 Å². The SMILES string of the molecule is CCC(C)c1ccccc1N1CC(C(=O)NC(C)c2ccc(C)o2)CC1=O. The van der Waals surface area contributed by atoms with Gasteiger partial charge in [0.25, 0.3) is 0 Å². The highest BCUT2D eigenvalue weighted by atomic mass is 16.3. The van der Waals surface area contributed by atoms with E-state index >= 15 is 0 Å². The van der Waals surface area contributed by atoms with E-state index in [-0.39, 0.29) is 30.2 Å². The smallest absolute Gasteiger partial charge is 0.227 e. The van der Waals surface area contributed by atoms with Gasteiger partial charge in [0, 0.05) is 18.7 Å². The molecule has 1 N–H and O–H groups in total. The third-order valence-corrected chi connectivity index (χ3v) is 5.41. The summed E-state index contributed by atoms with van der Waals surface area (Å²) < 4.78 is 5.58. The Labute approximate surface area is 160 Å². The van der Waals surface area contributed by atoms with Crippen LogP contribution in [0.1, 0.15) is 62.7 Å². The van der Waals surface area contributed by atoms with Crippen molar-refractivity contribution in [3.63, 3.8) is 0 Å². The van der Waals surface area contributed by atoms with Crippen LogP contribution in [0.4, 0.5) is 5.69 Å². The topological polar surface area (TPSA) is 62.6 Å². The summed E-state index contributed by atoms with van der Waals surface area (Å²) >= 11 is 0. The minimum Gasteiger partial charge on any atom is -0.464 e. The molecule has 0 saturated carbocycles. The summed E-state index contributed by atoms with van der Waals surface area (Å²) in [5.74, 6) is 1.46. The number of carbonyl (C=O) groups is 2. The summed E-state index contributed by atoms with van der Waals surface area (Å²) in [5.41, 5.74) is 2.09. The van der Waals surface area contributed by atoms with E-state index in [0.29, 0.717) is 12.5 Å². The van der Waals surface area contributed by atoms with Gasteiger partial charge >= 0.3 is 0 Å². The zero-order valence-corrected chi connectivity index (χ0v) is 16.5. The number of benzene rings is 1. The molecule has 3 atom stereocenters. The fourth-order valence-electron chi connectivity index (χ4n) is 3.57. The third-order valence-electron chi connectivity index (χ3n) is 5.41. The molecular formula is C22H28N2O3. The van der Waals surface area contributed by atoms with Crippen molar-refractivity contribution in [2.75, 3.05) is 11.4 Å². The zero-order valence-electron chi connectivity index (χ0n) is 16.5. The maximum absolute atomic E-state index is 12.7. The minimum absolute atomic E-state index is 0.00685. The fraction of sp³-hybridized carbons (Fsp3) is 0.455. The standard InChI is InChI=1S/C22H28N2O3/c1-5-14(2)18-8-6-7-9-19(18)24-13-17(12-21(24)25)22(26)23-16(4)20-11-10-15(3)27-20/h6-11,14,16-17H,5,12-13H2,1-4H3,(H,23,26). The van der Waals surface area contributed by atoms with Crippen LogP contribution in [0.2, 0.25) is 0 Å². The second kappa shape index (κ2) is 7.99. The average Bonchev–Trinajstić information content (AvgIpc) is 3.27. The van der Waals surface area contributed by atoms with Crippen molar-refractivity contribution < 1.29 is 14.0 Å². The lowest BCUT2D eigenvalue weighted by Crippen LogP contribution is -2.34. The van der Waals surface area contributed by atoms with Gasteiger partial charge in [0.1, 0.15) is 11.5 Å². The summed E-state index contributed by atoms with van der Waals surface area (Å²) in [6, 6.07) is 11.5. The monoisotopic (exact) mass is 368 g/mol. The van der Waals surface area contributed by atoms with Gasteiger partial charge in [0.05, 0.1) is 12.0 Å². The van der Waals surface area contributed by atoms with Crippen molar-refractivity contribution in [3.8, 4) is 0 Å². The Bertz CT molecular complexity index is 826. The normalized spacial score (nSPS) is 19.2. The van der Waals surface area contributed by atoms with Crippen LogP contribution in [0.5, 0.6) is 0 Å². The number of carbonyl (C=O) groups excluding carboxylic acids is 2. The maximum atomic E-state index is 12.7. The van der Waals surface area contributed by atoms with Crippen molar-refractivity contribution in [2.24, 2.45) is 5.92 Å². The van der Waals surface area contributed by atoms with Crippen LogP contribution in [0.3, 0.4) is 0 Å². The fourth-order valence-corrected chi connectivity index (χ4v) is 3.57. The lowest BCUT2D eigenvalue weighted by Gasteiger charge is -2.23. The quantitative estimate of drug-likeness (QED) is 0.825. The average molecular weight is 368 g/mol. The number of rotatable bonds is 6. The van der Waals surface area contributed by atoms with E-state index in [1.54, 1.807) is 4.90 Å². The molecule has 5 nitrogen and oxygen atoms in total. The highest BCUT2D eigenvalue weighted by molar-refractivity contribution is 6.01. The molecule has 0 radical (unpaired) electrons. The van der Waals surface area contributed by atoms with E-state index in [4.69, 9.17) is 4.42 Å². The number of anilines is 1. The predicted molar refractivity (Wildman–Crippen MR) is 106 cm³/mol. The molecule has 2 aromatic rings. The molecule has 3 unspecified atom stereocenters. The zero-order chi connectivity index (χ0) is 19.6. The van der Waals surface area contributed by atoms with Crippen LogP contribution < -0.4 is 10.2 Å². The first-order valence-electron chi connectivity index (χ1n) is 9.66. The Morgan fingerprint density at radius 1 is 1.26 bits per heavy atom. The molecule has 1 aromatic heterocycles. The molecule has 144 valence electrons. The minimum atomic E-state index is -0.346. The van der Waals surface area contributed by atoms with Gasteiger partial charge in [-0.05, 0) is 49.9 Å². The summed E-state index contributed by atoms with van der Waals surface area (Å²) in [5, 5.41) is 2.98. The Hall–Kier alpha value is -2.56. The summed E-state index contributed by atoms with van der Waals surface area (Å²) in [6.45, 7) is 8.49. The lowest BCUT2D eigenvalue weighted by atomic mass is 9.96. The molecule has 3 rings (SSSR count). The number of aryl methyl sites for hydroxylation is 1. The van der Waals surface area contributed by atoms with Crippen LogP contribution in [-0.4, -0.2) is 18.4 Å². The van der Waals surface area contributed by atoms with Gasteiger partial charge in [-0.15, -0.1) is 0 Å². The highest BCUT2D eigenvalue weighted by Crippen LogP contribution is 2.33. The van der Waals surface area contributed by atoms with Crippen molar-refractivity contribution >= 4 is 17.5 Å². The van der Waals surface area contributed by atoms with E-state index in [9.17, 15) is 9.59 Å². The van der Waals surface area contributed by atoms with E-state index < -0.39 is 0 Å². The van der Waals surface area contributed by atoms with E-state index in [1.165, 1.54) is 0 Å². The van der Waals surface area contributed by atoms with Gasteiger partial charge < -0.3 is 14.6 Å². The number of hydrogen-bond acceptors (Lipinski definition) is 3. The maximum Gasteiger partial charge on any atom is 0.227 e. The molecule has 2 amide bonds. The molecule has 0 spiro atoms. The van der Waals surface area contributed by atoms with E-state index in [2.05, 4.69) is 25.2 Å². The number of furan rings is 1. The summed E-state index contributed by atoms with van der Waals surface area (Å²) in [7, 11) is 0. The number of hydrogen-bond donors (Lipinski definition) is 1. The van der Waals surface area contributed by atoms with Crippen LogP contribution in [0, 0.1) is 12.8 Å². The number of nitrogens with one attached hydrogen (secondary N) is 1. The molecule has 0 aliphatic carbocycles. The first-order valence-corrected chi connectivity index (χ1v) is 9.66. The molecule has 1 fully saturated rings. The number of para-hydroxylation sites is 1. The Morgan fingerprint density at radius 2 is 2.00 bits per heavy atom. The van der Waals surface area contributed by atoms with Gasteiger partial charge in [-0.25, -0.2) is 0 Å². The van der Waals surface area contributed by atoms with Crippen molar-refractivity contribution in [1.82, 2.24) is 5.32 Å². The van der Waals surface area contributed by atoms with Crippen LogP contribution in [0.25, 0.3) is 0 Å². The molecule has 1 aliphatic heterocycles. The van der Waals surface area contributed by atoms with Crippen molar-refractivity contribution in [1.29, 1.82) is 0 Å². The van der Waals surface area contributed by atoms with E-state index in [1.807, 2.05) is 44.2 Å². The summed E-state index contributed by atoms with van der Waals surface area (Å²) in [6.07, 6.45) is 1.24. The second-order valence-electron chi connectivity index (χ2n) is 7.45. The van der Waals surface area contributed by atoms with E-state index in [0.717, 1.165) is 29.2 Å². The molecule has 0 bridgehead atoms. The first-order chi connectivity index (χ1) is 12.9. The number of nitrogens with zero attached hydrogens (tertiary/aromatic N) is 1. The van der Waals surface area contributed by atoms with Crippen molar-refractivity contribution in [3.05, 3.63) is 53.5 Å². The van der Waals surface area contributed by atoms with Gasteiger partial charge in [-0.3, -0.25) is 9.59 Å². The first kappa shape index (κ1) is 19.2. The molecule has 1 aliphatic rings. The van der Waals surface area contributed by atoms with Crippen LogP contribution >= 0.6 is 0 Å². The summed E-state index contributed by atoms with van der Waals surface area (Å²) in [4.78, 5) is 27.1. The molecule has 2 heterocycles. The molecule has 1 saturated heterocycles. The number of amides is 2. The second-order valence-corrected chi connectivity index (χ2v) is 7.45. The largest absolute Gasteiger partial charge is 0.464 e. The Kier molecular flexibility index (Phi) is 5.68. The predicted octanol–water partition coefficient (Wildman–Crippen LogP) is 4.33. The van der Waals surface area contributed by atoms with Gasteiger partial charge in [0.15, 0.2) is 0 Å². The van der Waals surface area contributed by atoms with Crippen LogP contribution in [0.15, 0.2) is 40.8 Å². The molecule has 5 heteroatoms.